The topological polar surface area (TPSA) is 77.0 Å². The van der Waals surface area contributed by atoms with E-state index in [9.17, 15) is 5.11 Å². The largest absolute Gasteiger partial charge is 0.508 e. The van der Waals surface area contributed by atoms with Crippen LogP contribution >= 0.6 is 0 Å². The highest BCUT2D eigenvalue weighted by Gasteiger charge is 2.15. The predicted octanol–water partition coefficient (Wildman–Crippen LogP) is 1.88. The van der Waals surface area contributed by atoms with Crippen molar-refractivity contribution in [3.63, 3.8) is 0 Å². The van der Waals surface area contributed by atoms with Gasteiger partial charge in [0.1, 0.15) is 17.9 Å². The third kappa shape index (κ3) is 3.54. The molecule has 0 aliphatic rings. The van der Waals surface area contributed by atoms with Crippen molar-refractivity contribution >= 4 is 0 Å². The fourth-order valence-corrected chi connectivity index (χ4v) is 2.06. The molecule has 0 saturated carbocycles. The van der Waals surface area contributed by atoms with Gasteiger partial charge < -0.3 is 15.4 Å². The smallest absolute Gasteiger partial charge is 0.150 e. The molecule has 1 aromatic heterocycles. The zero-order chi connectivity index (χ0) is 13.8. The van der Waals surface area contributed by atoms with Crippen LogP contribution in [-0.2, 0) is 13.0 Å². The van der Waals surface area contributed by atoms with E-state index in [2.05, 4.69) is 24.0 Å². The molecule has 1 heterocycles. The molecule has 2 rings (SSSR count). The number of phenols is 1. The number of phenolic OH excluding ortho intramolecular Hbond substituents is 1. The molecule has 0 saturated heterocycles. The number of aromatic hydroxyl groups is 1. The van der Waals surface area contributed by atoms with Crippen molar-refractivity contribution in [2.75, 3.05) is 0 Å². The van der Waals surface area contributed by atoms with E-state index in [4.69, 9.17) is 5.73 Å². The quantitative estimate of drug-likeness (QED) is 0.860. The van der Waals surface area contributed by atoms with E-state index in [0.29, 0.717) is 12.3 Å². The van der Waals surface area contributed by atoms with Gasteiger partial charge in [-0.3, -0.25) is 0 Å². The molecule has 0 bridgehead atoms. The summed E-state index contributed by atoms with van der Waals surface area (Å²) in [6.07, 6.45) is 2.41. The lowest BCUT2D eigenvalue weighted by molar-refractivity contribution is 0.474. The molecule has 3 N–H and O–H groups in total. The van der Waals surface area contributed by atoms with Gasteiger partial charge in [-0.25, -0.2) is 0 Å². The van der Waals surface area contributed by atoms with E-state index < -0.39 is 0 Å². The third-order valence-corrected chi connectivity index (χ3v) is 2.93. The van der Waals surface area contributed by atoms with Gasteiger partial charge >= 0.3 is 0 Å². The number of aromatic nitrogens is 3. The molecular formula is C14H20N4O. The number of nitrogens with two attached hydrogens (primary N) is 1. The van der Waals surface area contributed by atoms with E-state index in [1.165, 1.54) is 0 Å². The SMILES string of the molecule is CC(C)Cn1cnnc1[C@@H](N)Cc1ccc(O)cc1. The Balaban J connectivity index is 2.09. The van der Waals surface area contributed by atoms with E-state index in [1.807, 2.05) is 16.7 Å². The first-order valence-corrected chi connectivity index (χ1v) is 6.47. The highest BCUT2D eigenvalue weighted by molar-refractivity contribution is 5.26. The molecule has 0 aliphatic heterocycles. The van der Waals surface area contributed by atoms with Gasteiger partial charge in [0.2, 0.25) is 0 Å². The maximum absolute atomic E-state index is 9.26. The second-order valence-electron chi connectivity index (χ2n) is 5.21. The van der Waals surface area contributed by atoms with Crippen molar-refractivity contribution < 1.29 is 5.11 Å². The molecule has 2 aromatic rings. The second-order valence-corrected chi connectivity index (χ2v) is 5.21. The Labute approximate surface area is 113 Å². The van der Waals surface area contributed by atoms with Gasteiger partial charge in [-0.05, 0) is 30.0 Å². The Morgan fingerprint density at radius 2 is 1.95 bits per heavy atom. The van der Waals surface area contributed by atoms with Crippen LogP contribution in [-0.4, -0.2) is 19.9 Å². The lowest BCUT2D eigenvalue weighted by atomic mass is 10.1. The Kier molecular flexibility index (Phi) is 4.16. The molecule has 0 radical (unpaired) electrons. The van der Waals surface area contributed by atoms with Crippen LogP contribution in [0.25, 0.3) is 0 Å². The lowest BCUT2D eigenvalue weighted by Gasteiger charge is -2.14. The van der Waals surface area contributed by atoms with E-state index in [0.717, 1.165) is 17.9 Å². The van der Waals surface area contributed by atoms with E-state index in [-0.39, 0.29) is 11.8 Å². The summed E-state index contributed by atoms with van der Waals surface area (Å²) in [7, 11) is 0. The molecule has 0 unspecified atom stereocenters. The maximum atomic E-state index is 9.26. The van der Waals surface area contributed by atoms with Crippen molar-refractivity contribution in [3.8, 4) is 5.75 Å². The summed E-state index contributed by atoms with van der Waals surface area (Å²) in [4.78, 5) is 0. The summed E-state index contributed by atoms with van der Waals surface area (Å²) in [5.41, 5.74) is 7.27. The van der Waals surface area contributed by atoms with Crippen LogP contribution in [0, 0.1) is 5.92 Å². The van der Waals surface area contributed by atoms with Crippen LogP contribution < -0.4 is 5.73 Å². The van der Waals surface area contributed by atoms with Gasteiger partial charge in [0, 0.05) is 6.54 Å². The molecule has 1 aromatic carbocycles. The van der Waals surface area contributed by atoms with Crippen molar-refractivity contribution in [1.29, 1.82) is 0 Å². The minimum Gasteiger partial charge on any atom is -0.508 e. The zero-order valence-corrected chi connectivity index (χ0v) is 11.3. The van der Waals surface area contributed by atoms with Gasteiger partial charge in [-0.15, -0.1) is 10.2 Å². The number of benzene rings is 1. The molecule has 0 aliphatic carbocycles. The Bertz CT molecular complexity index is 518. The van der Waals surface area contributed by atoms with Crippen molar-refractivity contribution in [2.45, 2.75) is 32.9 Å². The fraction of sp³-hybridized carbons (Fsp3) is 0.429. The van der Waals surface area contributed by atoms with E-state index in [1.54, 1.807) is 18.5 Å². The molecule has 0 spiro atoms. The average molecular weight is 260 g/mol. The highest BCUT2D eigenvalue weighted by Crippen LogP contribution is 2.17. The summed E-state index contributed by atoms with van der Waals surface area (Å²) in [6, 6.07) is 6.89. The number of hydrogen-bond acceptors (Lipinski definition) is 4. The van der Waals surface area contributed by atoms with Crippen molar-refractivity contribution in [1.82, 2.24) is 14.8 Å². The Morgan fingerprint density at radius 1 is 1.26 bits per heavy atom. The predicted molar refractivity (Wildman–Crippen MR) is 73.6 cm³/mol. The normalized spacial score (nSPS) is 12.8. The Morgan fingerprint density at radius 3 is 2.58 bits per heavy atom. The van der Waals surface area contributed by atoms with E-state index >= 15 is 0 Å². The summed E-state index contributed by atoms with van der Waals surface area (Å²) in [5.74, 6) is 1.60. The summed E-state index contributed by atoms with van der Waals surface area (Å²) in [6.45, 7) is 5.16. The second kappa shape index (κ2) is 5.84. The number of nitrogens with zero attached hydrogens (tertiary/aromatic N) is 3. The monoisotopic (exact) mass is 260 g/mol. The Hall–Kier alpha value is -1.88. The molecule has 19 heavy (non-hydrogen) atoms. The molecule has 102 valence electrons. The molecular weight excluding hydrogens is 240 g/mol. The van der Waals surface area contributed by atoms with Crippen molar-refractivity contribution in [3.05, 3.63) is 42.0 Å². The molecule has 0 amide bonds. The van der Waals surface area contributed by atoms with Gasteiger partial charge in [0.25, 0.3) is 0 Å². The van der Waals surface area contributed by atoms with Crippen LogP contribution in [0.5, 0.6) is 5.75 Å². The lowest BCUT2D eigenvalue weighted by Crippen LogP contribution is -2.20. The first-order valence-electron chi connectivity index (χ1n) is 6.47. The van der Waals surface area contributed by atoms with Gasteiger partial charge in [0.05, 0.1) is 6.04 Å². The van der Waals surface area contributed by atoms with Crippen LogP contribution in [0.4, 0.5) is 0 Å². The van der Waals surface area contributed by atoms with Crippen LogP contribution in [0.3, 0.4) is 0 Å². The standard InChI is InChI=1S/C14H20N4O/c1-10(2)8-18-9-16-17-14(18)13(15)7-11-3-5-12(19)6-4-11/h3-6,9-10,13,19H,7-8,15H2,1-2H3/t13-/m0/s1. The third-order valence-electron chi connectivity index (χ3n) is 2.93. The maximum Gasteiger partial charge on any atom is 0.150 e. The number of rotatable bonds is 5. The van der Waals surface area contributed by atoms with Crippen LogP contribution in [0.15, 0.2) is 30.6 Å². The first kappa shape index (κ1) is 13.5. The van der Waals surface area contributed by atoms with Gasteiger partial charge in [0.15, 0.2) is 0 Å². The summed E-state index contributed by atoms with van der Waals surface area (Å²) in [5, 5.41) is 17.3. The van der Waals surface area contributed by atoms with Gasteiger partial charge in [-0.2, -0.15) is 0 Å². The van der Waals surface area contributed by atoms with Crippen molar-refractivity contribution in [2.24, 2.45) is 11.7 Å². The van der Waals surface area contributed by atoms with Gasteiger partial charge in [-0.1, -0.05) is 26.0 Å². The molecule has 0 fully saturated rings. The molecule has 5 nitrogen and oxygen atoms in total. The zero-order valence-electron chi connectivity index (χ0n) is 11.3. The summed E-state index contributed by atoms with van der Waals surface area (Å²) < 4.78 is 2.01. The summed E-state index contributed by atoms with van der Waals surface area (Å²) >= 11 is 0. The minimum absolute atomic E-state index is 0.189. The average Bonchev–Trinajstić information content (AvgIpc) is 2.79. The van der Waals surface area contributed by atoms with Crippen LogP contribution in [0.1, 0.15) is 31.3 Å². The first-order chi connectivity index (χ1) is 9.06. The van der Waals surface area contributed by atoms with Crippen LogP contribution in [0.2, 0.25) is 0 Å². The minimum atomic E-state index is -0.189. The number of hydrogen-bond donors (Lipinski definition) is 2. The molecule has 5 heteroatoms. The fourth-order valence-electron chi connectivity index (χ4n) is 2.06. The molecule has 1 atom stereocenters. The highest BCUT2D eigenvalue weighted by atomic mass is 16.3.